The maximum absolute atomic E-state index is 5.42. The smallest absolute Gasteiger partial charge is 0.174 e. The van der Waals surface area contributed by atoms with Gasteiger partial charge >= 0.3 is 0 Å². The van der Waals surface area contributed by atoms with Crippen molar-refractivity contribution in [1.29, 1.82) is 0 Å². The number of halogens is 1. The molecule has 3 rings (SSSR count). The number of hydrazone groups is 1. The molecule has 2 aliphatic heterocycles. The van der Waals surface area contributed by atoms with Crippen LogP contribution in [-0.2, 0) is 0 Å². The van der Waals surface area contributed by atoms with E-state index in [1.54, 1.807) is 14.2 Å². The SMILES string of the molecule is COc1cc(C2NN=C3CCNCC32)cc(Br)c1OC. The first-order chi connectivity index (χ1) is 9.74. The zero-order valence-electron chi connectivity index (χ0n) is 11.6. The number of nitrogens with one attached hydrogen (secondary N) is 2. The molecule has 0 saturated carbocycles. The summed E-state index contributed by atoms with van der Waals surface area (Å²) in [7, 11) is 3.29. The van der Waals surface area contributed by atoms with Gasteiger partial charge in [-0.1, -0.05) is 0 Å². The molecule has 0 amide bonds. The zero-order chi connectivity index (χ0) is 14.1. The van der Waals surface area contributed by atoms with E-state index in [1.807, 2.05) is 6.07 Å². The van der Waals surface area contributed by atoms with Gasteiger partial charge in [0.15, 0.2) is 11.5 Å². The fourth-order valence-corrected chi connectivity index (χ4v) is 3.51. The lowest BCUT2D eigenvalue weighted by atomic mass is 9.87. The number of fused-ring (bicyclic) bond motifs is 1. The van der Waals surface area contributed by atoms with Crippen LogP contribution in [0.25, 0.3) is 0 Å². The Bertz CT molecular complexity index is 547. The molecule has 1 aromatic carbocycles. The normalized spacial score (nSPS) is 24.6. The van der Waals surface area contributed by atoms with Crippen molar-refractivity contribution in [3.63, 3.8) is 0 Å². The third kappa shape index (κ3) is 2.27. The maximum atomic E-state index is 5.42. The van der Waals surface area contributed by atoms with Crippen molar-refractivity contribution >= 4 is 21.6 Å². The molecule has 2 atom stereocenters. The van der Waals surface area contributed by atoms with Crippen molar-refractivity contribution in [3.05, 3.63) is 22.2 Å². The van der Waals surface area contributed by atoms with Crippen LogP contribution < -0.4 is 20.2 Å². The summed E-state index contributed by atoms with van der Waals surface area (Å²) < 4.78 is 11.7. The molecule has 0 aromatic heterocycles. The molecule has 0 radical (unpaired) electrons. The second kappa shape index (κ2) is 5.61. The number of hydrogen-bond donors (Lipinski definition) is 2. The molecule has 20 heavy (non-hydrogen) atoms. The molecule has 0 aliphatic carbocycles. The highest BCUT2D eigenvalue weighted by molar-refractivity contribution is 9.10. The monoisotopic (exact) mass is 339 g/mol. The topological polar surface area (TPSA) is 54.9 Å². The Kier molecular flexibility index (Phi) is 3.85. The summed E-state index contributed by atoms with van der Waals surface area (Å²) in [5.74, 6) is 1.86. The molecular weight excluding hydrogens is 322 g/mol. The summed E-state index contributed by atoms with van der Waals surface area (Å²) in [6.45, 7) is 1.97. The zero-order valence-corrected chi connectivity index (χ0v) is 13.2. The lowest BCUT2D eigenvalue weighted by Gasteiger charge is -2.26. The highest BCUT2D eigenvalue weighted by atomic mass is 79.9. The van der Waals surface area contributed by atoms with E-state index in [4.69, 9.17) is 9.47 Å². The predicted molar refractivity (Wildman–Crippen MR) is 81.5 cm³/mol. The van der Waals surface area contributed by atoms with Crippen LogP contribution in [-0.4, -0.2) is 33.0 Å². The summed E-state index contributed by atoms with van der Waals surface area (Å²) >= 11 is 3.55. The Labute approximate surface area is 126 Å². The predicted octanol–water partition coefficient (Wildman–Crippen LogP) is 2.08. The third-order valence-corrected chi connectivity index (χ3v) is 4.50. The Hall–Kier alpha value is -1.27. The van der Waals surface area contributed by atoms with E-state index in [0.717, 1.165) is 41.0 Å². The molecule has 1 saturated heterocycles. The van der Waals surface area contributed by atoms with Gasteiger partial charge in [-0.2, -0.15) is 5.10 Å². The van der Waals surface area contributed by atoms with Gasteiger partial charge < -0.3 is 20.2 Å². The lowest BCUT2D eigenvalue weighted by molar-refractivity contribution is 0.351. The van der Waals surface area contributed by atoms with Crippen molar-refractivity contribution in [2.75, 3.05) is 27.3 Å². The Morgan fingerprint density at radius 2 is 2.15 bits per heavy atom. The summed E-state index contributed by atoms with van der Waals surface area (Å²) in [6.07, 6.45) is 1.02. The van der Waals surface area contributed by atoms with Crippen LogP contribution in [0.2, 0.25) is 0 Å². The number of nitrogens with zero attached hydrogens (tertiary/aromatic N) is 1. The molecule has 2 aliphatic rings. The van der Waals surface area contributed by atoms with E-state index in [9.17, 15) is 0 Å². The van der Waals surface area contributed by atoms with Gasteiger partial charge in [0, 0.05) is 31.1 Å². The van der Waals surface area contributed by atoms with Gasteiger partial charge in [-0.3, -0.25) is 0 Å². The lowest BCUT2D eigenvalue weighted by Crippen LogP contribution is -2.38. The van der Waals surface area contributed by atoms with Crippen molar-refractivity contribution < 1.29 is 9.47 Å². The number of piperidine rings is 1. The molecule has 5 nitrogen and oxygen atoms in total. The van der Waals surface area contributed by atoms with Crippen LogP contribution in [0.4, 0.5) is 0 Å². The van der Waals surface area contributed by atoms with Crippen molar-refractivity contribution in [2.45, 2.75) is 12.5 Å². The van der Waals surface area contributed by atoms with Crippen molar-refractivity contribution in [2.24, 2.45) is 11.0 Å². The number of methoxy groups -OCH3 is 2. The summed E-state index contributed by atoms with van der Waals surface area (Å²) in [6, 6.07) is 4.29. The summed E-state index contributed by atoms with van der Waals surface area (Å²) in [4.78, 5) is 0. The molecule has 2 N–H and O–H groups in total. The number of benzene rings is 1. The minimum absolute atomic E-state index is 0.189. The summed E-state index contributed by atoms with van der Waals surface area (Å²) in [5.41, 5.74) is 5.68. The van der Waals surface area contributed by atoms with Gasteiger partial charge in [0.25, 0.3) is 0 Å². The number of ether oxygens (including phenoxy) is 2. The highest BCUT2D eigenvalue weighted by Crippen LogP contribution is 2.40. The van der Waals surface area contributed by atoms with Crippen molar-refractivity contribution in [1.82, 2.24) is 10.7 Å². The quantitative estimate of drug-likeness (QED) is 0.885. The van der Waals surface area contributed by atoms with Crippen LogP contribution >= 0.6 is 15.9 Å². The fourth-order valence-electron chi connectivity index (χ4n) is 2.89. The standard InChI is InChI=1S/C14H18BrN3O2/c1-19-12-6-8(5-10(15)14(12)20-2)13-9-7-16-4-3-11(9)17-18-13/h5-6,9,13,16,18H,3-4,7H2,1-2H3. The van der Waals surface area contributed by atoms with Gasteiger partial charge in [0.05, 0.1) is 24.7 Å². The van der Waals surface area contributed by atoms with Crippen molar-refractivity contribution in [3.8, 4) is 11.5 Å². The third-order valence-electron chi connectivity index (χ3n) is 3.91. The first-order valence-electron chi connectivity index (χ1n) is 6.68. The molecule has 0 spiro atoms. The molecule has 2 unspecified atom stereocenters. The minimum atomic E-state index is 0.189. The minimum Gasteiger partial charge on any atom is -0.493 e. The summed E-state index contributed by atoms with van der Waals surface area (Å²) in [5, 5.41) is 7.92. The highest BCUT2D eigenvalue weighted by Gasteiger charge is 2.34. The van der Waals surface area contributed by atoms with E-state index in [1.165, 1.54) is 5.71 Å². The Morgan fingerprint density at radius 3 is 2.90 bits per heavy atom. The maximum Gasteiger partial charge on any atom is 0.174 e. The Morgan fingerprint density at radius 1 is 1.30 bits per heavy atom. The van der Waals surface area contributed by atoms with Crippen LogP contribution in [0.15, 0.2) is 21.7 Å². The van der Waals surface area contributed by atoms with E-state index >= 15 is 0 Å². The largest absolute Gasteiger partial charge is 0.493 e. The molecule has 1 fully saturated rings. The molecular formula is C14H18BrN3O2. The van der Waals surface area contributed by atoms with Crippen LogP contribution in [0, 0.1) is 5.92 Å². The average molecular weight is 340 g/mol. The van der Waals surface area contributed by atoms with Gasteiger partial charge in [-0.25, -0.2) is 0 Å². The number of hydrogen-bond acceptors (Lipinski definition) is 5. The Balaban J connectivity index is 1.93. The molecule has 2 heterocycles. The molecule has 0 bridgehead atoms. The second-order valence-corrected chi connectivity index (χ2v) is 5.86. The average Bonchev–Trinajstić information content (AvgIpc) is 2.90. The van der Waals surface area contributed by atoms with E-state index in [-0.39, 0.29) is 6.04 Å². The van der Waals surface area contributed by atoms with Crippen LogP contribution in [0.5, 0.6) is 11.5 Å². The molecule has 1 aromatic rings. The first-order valence-corrected chi connectivity index (χ1v) is 7.48. The first kappa shape index (κ1) is 13.7. The van der Waals surface area contributed by atoms with E-state index in [0.29, 0.717) is 5.92 Å². The second-order valence-electron chi connectivity index (χ2n) is 5.01. The van der Waals surface area contributed by atoms with Crippen LogP contribution in [0.1, 0.15) is 18.0 Å². The van der Waals surface area contributed by atoms with Crippen LogP contribution in [0.3, 0.4) is 0 Å². The molecule has 6 heteroatoms. The van der Waals surface area contributed by atoms with Gasteiger partial charge in [0.1, 0.15) is 0 Å². The van der Waals surface area contributed by atoms with Gasteiger partial charge in [0.2, 0.25) is 0 Å². The number of rotatable bonds is 3. The van der Waals surface area contributed by atoms with E-state index in [2.05, 4.69) is 37.8 Å². The fraction of sp³-hybridized carbons (Fsp3) is 0.500. The van der Waals surface area contributed by atoms with Gasteiger partial charge in [-0.15, -0.1) is 0 Å². The molecule has 108 valence electrons. The van der Waals surface area contributed by atoms with E-state index < -0.39 is 0 Å². The van der Waals surface area contributed by atoms with Gasteiger partial charge in [-0.05, 0) is 33.6 Å².